The van der Waals surface area contributed by atoms with Crippen LogP contribution in [0, 0.1) is 0 Å². The predicted molar refractivity (Wildman–Crippen MR) is 42.4 cm³/mol. The SMILES string of the molecule is COc1ccc(OC(F)F)nc1C(F)(F)F. The first-order valence-corrected chi connectivity index (χ1v) is 3.91. The van der Waals surface area contributed by atoms with Gasteiger partial charge in [0, 0.05) is 6.07 Å². The normalized spacial score (nSPS) is 11.7. The quantitative estimate of drug-likeness (QED) is 0.765. The summed E-state index contributed by atoms with van der Waals surface area (Å²) in [5.74, 6) is -1.38. The zero-order valence-corrected chi connectivity index (χ0v) is 7.89. The maximum absolute atomic E-state index is 12.4. The molecule has 0 aliphatic rings. The highest BCUT2D eigenvalue weighted by atomic mass is 19.4. The lowest BCUT2D eigenvalue weighted by atomic mass is 10.3. The molecule has 1 heterocycles. The topological polar surface area (TPSA) is 31.4 Å². The number of nitrogens with zero attached hydrogens (tertiary/aromatic N) is 1. The molecule has 8 heteroatoms. The van der Waals surface area contributed by atoms with E-state index in [1.165, 1.54) is 0 Å². The second-order valence-electron chi connectivity index (χ2n) is 2.58. The zero-order chi connectivity index (χ0) is 12.3. The molecule has 1 aromatic rings. The van der Waals surface area contributed by atoms with E-state index in [1.54, 1.807) is 0 Å². The fraction of sp³-hybridized carbons (Fsp3) is 0.375. The summed E-state index contributed by atoms with van der Waals surface area (Å²) in [4.78, 5) is 2.90. The Labute approximate surface area is 86.8 Å². The molecule has 0 fully saturated rings. The molecule has 0 saturated heterocycles. The third-order valence-electron chi connectivity index (χ3n) is 1.53. The number of halogens is 5. The number of ether oxygens (including phenoxy) is 2. The van der Waals surface area contributed by atoms with Gasteiger partial charge in [0.15, 0.2) is 5.69 Å². The monoisotopic (exact) mass is 243 g/mol. The van der Waals surface area contributed by atoms with Crippen molar-refractivity contribution in [1.29, 1.82) is 0 Å². The summed E-state index contributed by atoms with van der Waals surface area (Å²) in [6, 6.07) is 1.72. The van der Waals surface area contributed by atoms with Gasteiger partial charge in [-0.15, -0.1) is 0 Å². The Morgan fingerprint density at radius 3 is 2.31 bits per heavy atom. The van der Waals surface area contributed by atoms with Crippen LogP contribution in [-0.4, -0.2) is 18.7 Å². The summed E-state index contributed by atoms with van der Waals surface area (Å²) < 4.78 is 68.8. The van der Waals surface area contributed by atoms with Crippen molar-refractivity contribution in [3.8, 4) is 11.6 Å². The molecule has 3 nitrogen and oxygen atoms in total. The van der Waals surface area contributed by atoms with E-state index in [0.717, 1.165) is 19.2 Å². The van der Waals surface area contributed by atoms with Gasteiger partial charge in [0.25, 0.3) is 0 Å². The minimum Gasteiger partial charge on any atom is -0.494 e. The Morgan fingerprint density at radius 2 is 1.88 bits per heavy atom. The molecule has 0 aliphatic heterocycles. The van der Waals surface area contributed by atoms with Crippen LogP contribution < -0.4 is 9.47 Å². The van der Waals surface area contributed by atoms with Gasteiger partial charge in [-0.05, 0) is 6.07 Å². The highest BCUT2D eigenvalue weighted by molar-refractivity contribution is 5.33. The molecule has 0 bridgehead atoms. The second kappa shape index (κ2) is 4.50. The number of hydrogen-bond acceptors (Lipinski definition) is 3. The molecule has 1 rings (SSSR count). The molecule has 0 aliphatic carbocycles. The summed E-state index contributed by atoms with van der Waals surface area (Å²) in [7, 11) is 1.01. The van der Waals surface area contributed by atoms with Gasteiger partial charge in [-0.1, -0.05) is 0 Å². The first kappa shape index (κ1) is 12.5. The smallest absolute Gasteiger partial charge is 0.437 e. The molecule has 0 aromatic carbocycles. The average Bonchev–Trinajstić information content (AvgIpc) is 2.15. The molecule has 0 radical (unpaired) electrons. The molecule has 0 unspecified atom stereocenters. The molecule has 0 saturated carbocycles. The Kier molecular flexibility index (Phi) is 3.51. The predicted octanol–water partition coefficient (Wildman–Crippen LogP) is 2.71. The van der Waals surface area contributed by atoms with E-state index in [2.05, 4.69) is 14.5 Å². The molecule has 0 spiro atoms. The van der Waals surface area contributed by atoms with Gasteiger partial charge < -0.3 is 9.47 Å². The van der Waals surface area contributed by atoms with Crippen LogP contribution in [0.4, 0.5) is 22.0 Å². The summed E-state index contributed by atoms with van der Waals surface area (Å²) in [6.45, 7) is -3.23. The number of hydrogen-bond donors (Lipinski definition) is 0. The van der Waals surface area contributed by atoms with Crippen molar-refractivity contribution in [3.63, 3.8) is 0 Å². The van der Waals surface area contributed by atoms with Crippen LogP contribution >= 0.6 is 0 Å². The first-order chi connectivity index (χ1) is 7.34. The number of aromatic nitrogens is 1. The second-order valence-corrected chi connectivity index (χ2v) is 2.58. The van der Waals surface area contributed by atoms with Gasteiger partial charge in [-0.25, -0.2) is 4.98 Å². The van der Waals surface area contributed by atoms with E-state index in [9.17, 15) is 22.0 Å². The van der Waals surface area contributed by atoms with Crippen LogP contribution in [0.25, 0.3) is 0 Å². The number of alkyl halides is 5. The standard InChI is InChI=1S/C8H6F5NO2/c1-15-4-2-3-5(16-7(9)10)14-6(4)8(11,12)13/h2-3,7H,1H3. The van der Waals surface area contributed by atoms with Crippen molar-refractivity contribution in [1.82, 2.24) is 4.98 Å². The van der Waals surface area contributed by atoms with Crippen LogP contribution in [0.1, 0.15) is 5.69 Å². The fourth-order valence-corrected chi connectivity index (χ4v) is 0.953. The third-order valence-corrected chi connectivity index (χ3v) is 1.53. The van der Waals surface area contributed by atoms with Crippen LogP contribution in [0.3, 0.4) is 0 Å². The van der Waals surface area contributed by atoms with Crippen molar-refractivity contribution in [2.24, 2.45) is 0 Å². The Balaban J connectivity index is 3.12. The third kappa shape index (κ3) is 2.94. The van der Waals surface area contributed by atoms with Crippen molar-refractivity contribution in [2.45, 2.75) is 12.8 Å². The summed E-state index contributed by atoms with van der Waals surface area (Å²) in [5.41, 5.74) is -1.41. The molecule has 0 atom stereocenters. The highest BCUT2D eigenvalue weighted by Gasteiger charge is 2.37. The first-order valence-electron chi connectivity index (χ1n) is 3.91. The van der Waals surface area contributed by atoms with Crippen LogP contribution in [0.2, 0.25) is 0 Å². The molecular formula is C8H6F5NO2. The Bertz CT molecular complexity index is 366. The van der Waals surface area contributed by atoms with Gasteiger partial charge in [-0.3, -0.25) is 0 Å². The summed E-state index contributed by atoms with van der Waals surface area (Å²) >= 11 is 0. The van der Waals surface area contributed by atoms with Crippen LogP contribution in [0.15, 0.2) is 12.1 Å². The average molecular weight is 243 g/mol. The van der Waals surface area contributed by atoms with Gasteiger partial charge in [0.1, 0.15) is 5.75 Å². The minimum absolute atomic E-state index is 0.561. The van der Waals surface area contributed by atoms with E-state index in [4.69, 9.17) is 0 Å². The van der Waals surface area contributed by atoms with Crippen LogP contribution in [0.5, 0.6) is 11.6 Å². The molecule has 1 aromatic heterocycles. The Hall–Kier alpha value is -1.60. The molecule has 90 valence electrons. The lowest BCUT2D eigenvalue weighted by molar-refractivity contribution is -0.143. The van der Waals surface area contributed by atoms with Crippen molar-refractivity contribution >= 4 is 0 Å². The van der Waals surface area contributed by atoms with Crippen molar-refractivity contribution in [3.05, 3.63) is 17.8 Å². The molecule has 16 heavy (non-hydrogen) atoms. The summed E-state index contributed by atoms with van der Waals surface area (Å²) in [6.07, 6.45) is -4.80. The van der Waals surface area contributed by atoms with Crippen LogP contribution in [-0.2, 0) is 6.18 Å². The van der Waals surface area contributed by atoms with E-state index >= 15 is 0 Å². The van der Waals surface area contributed by atoms with E-state index in [-0.39, 0.29) is 0 Å². The molecular weight excluding hydrogens is 237 g/mol. The lowest BCUT2D eigenvalue weighted by Gasteiger charge is -2.12. The Morgan fingerprint density at radius 1 is 1.25 bits per heavy atom. The lowest BCUT2D eigenvalue weighted by Crippen LogP contribution is -2.12. The van der Waals surface area contributed by atoms with Gasteiger partial charge in [-0.2, -0.15) is 22.0 Å². The minimum atomic E-state index is -4.80. The largest absolute Gasteiger partial charge is 0.494 e. The maximum atomic E-state index is 12.4. The van der Waals surface area contributed by atoms with E-state index < -0.39 is 30.1 Å². The van der Waals surface area contributed by atoms with Crippen molar-refractivity contribution in [2.75, 3.05) is 7.11 Å². The van der Waals surface area contributed by atoms with E-state index in [1.807, 2.05) is 0 Å². The molecule has 0 amide bonds. The zero-order valence-electron chi connectivity index (χ0n) is 7.89. The number of rotatable bonds is 3. The van der Waals surface area contributed by atoms with Gasteiger partial charge >= 0.3 is 12.8 Å². The van der Waals surface area contributed by atoms with Gasteiger partial charge in [0.2, 0.25) is 5.88 Å². The number of pyridine rings is 1. The van der Waals surface area contributed by atoms with E-state index in [0.29, 0.717) is 0 Å². The van der Waals surface area contributed by atoms with Gasteiger partial charge in [0.05, 0.1) is 7.11 Å². The fourth-order valence-electron chi connectivity index (χ4n) is 0.953. The van der Waals surface area contributed by atoms with Crippen molar-refractivity contribution < 1.29 is 31.4 Å². The highest BCUT2D eigenvalue weighted by Crippen LogP contribution is 2.35. The number of methoxy groups -OCH3 is 1. The summed E-state index contributed by atoms with van der Waals surface area (Å²) in [5, 5.41) is 0. The maximum Gasteiger partial charge on any atom is 0.437 e. The molecule has 0 N–H and O–H groups in total.